The molecular formula is C15H18N2O. The Kier molecular flexibility index (Phi) is 3.72. The van der Waals surface area contributed by atoms with Crippen molar-refractivity contribution >= 4 is 11.4 Å². The molecule has 94 valence electrons. The average Bonchev–Trinajstić information content (AvgIpc) is 2.39. The standard InChI is InChI=1S/C15H18N2O/c1-17(11-12-6-4-3-5-7-12)15-9-8-13(18-2)10-14(15)16/h3-10H,11,16H2,1-2H3. The number of hydrogen-bond donors (Lipinski definition) is 1. The van der Waals surface area contributed by atoms with Crippen molar-refractivity contribution in [1.29, 1.82) is 0 Å². The van der Waals surface area contributed by atoms with Crippen LogP contribution in [-0.4, -0.2) is 14.2 Å². The molecule has 0 spiro atoms. The molecular weight excluding hydrogens is 224 g/mol. The fourth-order valence-corrected chi connectivity index (χ4v) is 1.95. The number of nitrogens with two attached hydrogens (primary N) is 1. The molecule has 0 unspecified atom stereocenters. The van der Waals surface area contributed by atoms with Gasteiger partial charge in [0.1, 0.15) is 5.75 Å². The topological polar surface area (TPSA) is 38.5 Å². The van der Waals surface area contributed by atoms with Gasteiger partial charge in [0, 0.05) is 19.7 Å². The second-order valence-electron chi connectivity index (χ2n) is 4.27. The zero-order chi connectivity index (χ0) is 13.0. The largest absolute Gasteiger partial charge is 0.497 e. The van der Waals surface area contributed by atoms with Crippen LogP contribution in [0.25, 0.3) is 0 Å². The van der Waals surface area contributed by atoms with Crippen molar-refractivity contribution in [3.63, 3.8) is 0 Å². The lowest BCUT2D eigenvalue weighted by Gasteiger charge is -2.21. The van der Waals surface area contributed by atoms with E-state index >= 15 is 0 Å². The second kappa shape index (κ2) is 5.45. The van der Waals surface area contributed by atoms with Crippen LogP contribution in [0, 0.1) is 0 Å². The van der Waals surface area contributed by atoms with Gasteiger partial charge in [-0.2, -0.15) is 0 Å². The van der Waals surface area contributed by atoms with E-state index in [-0.39, 0.29) is 0 Å². The number of nitrogen functional groups attached to an aromatic ring is 1. The minimum Gasteiger partial charge on any atom is -0.497 e. The molecule has 0 bridgehead atoms. The van der Waals surface area contributed by atoms with Gasteiger partial charge in [0.25, 0.3) is 0 Å². The number of ether oxygens (including phenoxy) is 1. The lowest BCUT2D eigenvalue weighted by atomic mass is 10.2. The summed E-state index contributed by atoms with van der Waals surface area (Å²) in [5.74, 6) is 0.782. The van der Waals surface area contributed by atoms with Crippen LogP contribution in [0.1, 0.15) is 5.56 Å². The number of rotatable bonds is 4. The third-order valence-corrected chi connectivity index (χ3v) is 2.91. The zero-order valence-electron chi connectivity index (χ0n) is 10.8. The Bertz CT molecular complexity index is 511. The molecule has 0 fully saturated rings. The molecule has 0 heterocycles. The molecule has 2 aromatic rings. The fourth-order valence-electron chi connectivity index (χ4n) is 1.95. The van der Waals surface area contributed by atoms with E-state index < -0.39 is 0 Å². The highest BCUT2D eigenvalue weighted by Gasteiger charge is 2.06. The van der Waals surface area contributed by atoms with Gasteiger partial charge in [-0.15, -0.1) is 0 Å². The Labute approximate surface area is 108 Å². The molecule has 0 amide bonds. The number of nitrogens with zero attached hydrogens (tertiary/aromatic N) is 1. The predicted molar refractivity (Wildman–Crippen MR) is 76.0 cm³/mol. The van der Waals surface area contributed by atoms with Gasteiger partial charge in [-0.1, -0.05) is 30.3 Å². The Morgan fingerprint density at radius 2 is 1.83 bits per heavy atom. The summed E-state index contributed by atoms with van der Waals surface area (Å²) >= 11 is 0. The maximum atomic E-state index is 6.03. The van der Waals surface area contributed by atoms with Gasteiger partial charge in [0.2, 0.25) is 0 Å². The Morgan fingerprint density at radius 3 is 2.44 bits per heavy atom. The van der Waals surface area contributed by atoms with Crippen molar-refractivity contribution in [2.24, 2.45) is 0 Å². The lowest BCUT2D eigenvalue weighted by Crippen LogP contribution is -2.17. The predicted octanol–water partition coefficient (Wildman–Crippen LogP) is 2.91. The second-order valence-corrected chi connectivity index (χ2v) is 4.27. The molecule has 0 aliphatic heterocycles. The quantitative estimate of drug-likeness (QED) is 0.838. The van der Waals surface area contributed by atoms with Crippen molar-refractivity contribution in [2.45, 2.75) is 6.54 Å². The van der Waals surface area contributed by atoms with E-state index in [0.717, 1.165) is 23.7 Å². The lowest BCUT2D eigenvalue weighted by molar-refractivity contribution is 0.415. The molecule has 0 saturated carbocycles. The molecule has 2 rings (SSSR count). The highest BCUT2D eigenvalue weighted by molar-refractivity contribution is 5.69. The molecule has 0 aliphatic carbocycles. The summed E-state index contributed by atoms with van der Waals surface area (Å²) in [7, 11) is 3.67. The minimum atomic E-state index is 0.729. The highest BCUT2D eigenvalue weighted by atomic mass is 16.5. The third kappa shape index (κ3) is 2.74. The van der Waals surface area contributed by atoms with Crippen LogP contribution in [0.4, 0.5) is 11.4 Å². The smallest absolute Gasteiger partial charge is 0.121 e. The molecule has 0 aromatic heterocycles. The normalized spacial score (nSPS) is 10.1. The molecule has 0 radical (unpaired) electrons. The Morgan fingerprint density at radius 1 is 1.11 bits per heavy atom. The fraction of sp³-hybridized carbons (Fsp3) is 0.200. The summed E-state index contributed by atoms with van der Waals surface area (Å²) in [5.41, 5.74) is 9.03. The molecule has 2 aromatic carbocycles. The zero-order valence-corrected chi connectivity index (χ0v) is 10.8. The Balaban J connectivity index is 2.16. The first-order valence-corrected chi connectivity index (χ1v) is 5.89. The molecule has 18 heavy (non-hydrogen) atoms. The molecule has 2 N–H and O–H groups in total. The maximum Gasteiger partial charge on any atom is 0.121 e. The van der Waals surface area contributed by atoms with E-state index in [1.54, 1.807) is 7.11 Å². The molecule has 3 heteroatoms. The number of methoxy groups -OCH3 is 1. The van der Waals surface area contributed by atoms with Gasteiger partial charge in [-0.05, 0) is 17.7 Å². The summed E-state index contributed by atoms with van der Waals surface area (Å²) < 4.78 is 5.15. The minimum absolute atomic E-state index is 0.729. The number of hydrogen-bond acceptors (Lipinski definition) is 3. The first-order chi connectivity index (χ1) is 8.70. The van der Waals surface area contributed by atoms with E-state index in [2.05, 4.69) is 17.0 Å². The summed E-state index contributed by atoms with van der Waals surface area (Å²) in [6, 6.07) is 16.1. The Hall–Kier alpha value is -2.16. The first-order valence-electron chi connectivity index (χ1n) is 5.89. The SMILES string of the molecule is COc1ccc(N(C)Cc2ccccc2)c(N)c1. The van der Waals surface area contributed by atoms with E-state index in [0.29, 0.717) is 0 Å². The van der Waals surface area contributed by atoms with Crippen molar-refractivity contribution in [1.82, 2.24) is 0 Å². The van der Waals surface area contributed by atoms with Crippen LogP contribution in [0.3, 0.4) is 0 Å². The summed E-state index contributed by atoms with van der Waals surface area (Å²) in [5, 5.41) is 0. The van der Waals surface area contributed by atoms with E-state index in [9.17, 15) is 0 Å². The van der Waals surface area contributed by atoms with Crippen LogP contribution in [0.15, 0.2) is 48.5 Å². The van der Waals surface area contributed by atoms with E-state index in [1.807, 2.05) is 43.4 Å². The molecule has 0 atom stereocenters. The van der Waals surface area contributed by atoms with Crippen molar-refractivity contribution in [3.05, 3.63) is 54.1 Å². The van der Waals surface area contributed by atoms with Gasteiger partial charge in [0.15, 0.2) is 0 Å². The van der Waals surface area contributed by atoms with Crippen LogP contribution in [0.2, 0.25) is 0 Å². The molecule has 0 saturated heterocycles. The van der Waals surface area contributed by atoms with E-state index in [4.69, 9.17) is 10.5 Å². The summed E-state index contributed by atoms with van der Waals surface area (Å²) in [6.07, 6.45) is 0. The van der Waals surface area contributed by atoms with Gasteiger partial charge in [0.05, 0.1) is 18.5 Å². The van der Waals surface area contributed by atoms with Gasteiger partial charge >= 0.3 is 0 Å². The third-order valence-electron chi connectivity index (χ3n) is 2.91. The summed E-state index contributed by atoms with van der Waals surface area (Å²) in [4.78, 5) is 2.13. The maximum absolute atomic E-state index is 6.03. The summed E-state index contributed by atoms with van der Waals surface area (Å²) in [6.45, 7) is 0.831. The van der Waals surface area contributed by atoms with Crippen molar-refractivity contribution < 1.29 is 4.74 Å². The monoisotopic (exact) mass is 242 g/mol. The van der Waals surface area contributed by atoms with Gasteiger partial charge < -0.3 is 15.4 Å². The van der Waals surface area contributed by atoms with Crippen LogP contribution < -0.4 is 15.4 Å². The van der Waals surface area contributed by atoms with Crippen molar-refractivity contribution in [2.75, 3.05) is 24.8 Å². The number of benzene rings is 2. The van der Waals surface area contributed by atoms with Gasteiger partial charge in [-0.3, -0.25) is 0 Å². The highest BCUT2D eigenvalue weighted by Crippen LogP contribution is 2.27. The van der Waals surface area contributed by atoms with Crippen LogP contribution in [-0.2, 0) is 6.54 Å². The van der Waals surface area contributed by atoms with E-state index in [1.165, 1.54) is 5.56 Å². The van der Waals surface area contributed by atoms with Crippen LogP contribution >= 0.6 is 0 Å². The van der Waals surface area contributed by atoms with Gasteiger partial charge in [-0.25, -0.2) is 0 Å². The van der Waals surface area contributed by atoms with Crippen LogP contribution in [0.5, 0.6) is 5.75 Å². The molecule has 0 aliphatic rings. The average molecular weight is 242 g/mol. The van der Waals surface area contributed by atoms with Crippen molar-refractivity contribution in [3.8, 4) is 5.75 Å². The molecule has 3 nitrogen and oxygen atoms in total. The first kappa shape index (κ1) is 12.3. The number of anilines is 2.